The Morgan fingerprint density at radius 3 is 2.41 bits per heavy atom. The van der Waals surface area contributed by atoms with Crippen molar-refractivity contribution in [2.75, 3.05) is 41.8 Å². The molecule has 180 valence electrons. The predicted molar refractivity (Wildman–Crippen MR) is 116 cm³/mol. The molecule has 0 spiro atoms. The minimum absolute atomic E-state index is 0.0720. The molecule has 0 aliphatic carbocycles. The first-order chi connectivity index (χ1) is 16.3. The van der Waals surface area contributed by atoms with Crippen LogP contribution in [0.25, 0.3) is 0 Å². The maximum atomic E-state index is 13.5. The zero-order valence-corrected chi connectivity index (χ0v) is 17.6. The normalized spacial score (nSPS) is 14.2. The average molecular weight is 481 g/mol. The lowest BCUT2D eigenvalue weighted by Gasteiger charge is -2.29. The van der Waals surface area contributed by atoms with Crippen molar-refractivity contribution in [1.29, 1.82) is 0 Å². The molecule has 1 aliphatic rings. The summed E-state index contributed by atoms with van der Waals surface area (Å²) >= 11 is 0. The second-order valence-electron chi connectivity index (χ2n) is 7.23. The van der Waals surface area contributed by atoms with Crippen LogP contribution in [0.3, 0.4) is 0 Å². The van der Waals surface area contributed by atoms with Gasteiger partial charge in [-0.25, -0.2) is 4.98 Å². The Bertz CT molecular complexity index is 1110. The van der Waals surface area contributed by atoms with Crippen LogP contribution in [0.1, 0.15) is 5.56 Å². The molecule has 1 aliphatic heterocycles. The smallest absolute Gasteiger partial charge is 0.421 e. The number of rotatable bonds is 7. The van der Waals surface area contributed by atoms with Crippen molar-refractivity contribution >= 4 is 28.8 Å². The van der Waals surface area contributed by atoms with Crippen LogP contribution in [-0.4, -0.2) is 42.9 Å². The summed E-state index contributed by atoms with van der Waals surface area (Å²) in [5, 5.41) is 5.31. The highest BCUT2D eigenvalue weighted by molar-refractivity contribution is 5.69. The third-order valence-electron chi connectivity index (χ3n) is 4.93. The molecule has 1 fully saturated rings. The summed E-state index contributed by atoms with van der Waals surface area (Å²) in [7, 11) is 0. The van der Waals surface area contributed by atoms with Gasteiger partial charge in [-0.05, 0) is 24.3 Å². The third-order valence-corrected chi connectivity index (χ3v) is 4.93. The van der Waals surface area contributed by atoms with Crippen LogP contribution < -0.4 is 20.3 Å². The van der Waals surface area contributed by atoms with Crippen molar-refractivity contribution in [2.24, 2.45) is 0 Å². The molecule has 0 saturated carbocycles. The molecule has 0 radical (unpaired) electrons. The van der Waals surface area contributed by atoms with Gasteiger partial charge in [-0.2, -0.15) is 26.9 Å². The van der Waals surface area contributed by atoms with Gasteiger partial charge in [0.1, 0.15) is 11.4 Å². The number of morpholine rings is 1. The Kier molecular flexibility index (Phi) is 6.96. The number of alkyl halides is 5. The summed E-state index contributed by atoms with van der Waals surface area (Å²) < 4.78 is 76.5. The van der Waals surface area contributed by atoms with Gasteiger partial charge in [-0.15, -0.1) is 0 Å². The summed E-state index contributed by atoms with van der Waals surface area (Å²) in [6.45, 7) is -0.942. The van der Waals surface area contributed by atoms with E-state index in [0.29, 0.717) is 43.9 Å². The summed E-state index contributed by atoms with van der Waals surface area (Å²) in [6.07, 6.45) is -4.09. The monoisotopic (exact) mass is 481 g/mol. The number of benzene rings is 2. The number of hydrogen-bond acceptors (Lipinski definition) is 7. The minimum Gasteiger partial charge on any atom is -0.433 e. The topological polar surface area (TPSA) is 71.5 Å². The van der Waals surface area contributed by atoms with Gasteiger partial charge in [0, 0.05) is 36.7 Å². The fourth-order valence-electron chi connectivity index (χ4n) is 3.35. The first kappa shape index (κ1) is 23.5. The highest BCUT2D eigenvalue weighted by atomic mass is 19.4. The Labute approximate surface area is 191 Å². The summed E-state index contributed by atoms with van der Waals surface area (Å²) in [5.41, 5.74) is 0.0230. The number of nitrogens with one attached hydrogen (secondary N) is 2. The van der Waals surface area contributed by atoms with E-state index in [0.717, 1.165) is 0 Å². The molecule has 0 amide bonds. The van der Waals surface area contributed by atoms with E-state index in [1.807, 2.05) is 4.90 Å². The van der Waals surface area contributed by atoms with Crippen LogP contribution in [-0.2, 0) is 10.9 Å². The molecule has 0 unspecified atom stereocenters. The summed E-state index contributed by atoms with van der Waals surface area (Å²) in [6, 6.07) is 12.8. The maximum Gasteiger partial charge on any atom is 0.421 e. The van der Waals surface area contributed by atoms with Gasteiger partial charge in [-0.3, -0.25) is 0 Å². The van der Waals surface area contributed by atoms with Crippen molar-refractivity contribution in [3.8, 4) is 5.75 Å². The van der Waals surface area contributed by atoms with Crippen molar-refractivity contribution in [1.82, 2.24) is 9.97 Å². The lowest BCUT2D eigenvalue weighted by Crippen LogP contribution is -2.36. The second-order valence-corrected chi connectivity index (χ2v) is 7.23. The zero-order valence-electron chi connectivity index (χ0n) is 17.6. The third kappa shape index (κ3) is 5.81. The molecule has 0 atom stereocenters. The van der Waals surface area contributed by atoms with Crippen LogP contribution in [0.2, 0.25) is 0 Å². The average Bonchev–Trinajstić information content (AvgIpc) is 2.80. The molecular weight excluding hydrogens is 461 g/mol. The van der Waals surface area contributed by atoms with Gasteiger partial charge in [0.15, 0.2) is 5.75 Å². The number of hydrogen-bond donors (Lipinski definition) is 2. The zero-order chi connectivity index (χ0) is 24.1. The number of ether oxygens (including phenoxy) is 2. The molecule has 7 nitrogen and oxygen atoms in total. The SMILES string of the molecule is FC(F)Oc1cc(N2CCOCC2)ccc1Nc1ncc(C(F)(F)F)c(Nc2ccccc2)n1. The highest BCUT2D eigenvalue weighted by Gasteiger charge is 2.35. The predicted octanol–water partition coefficient (Wildman–Crippen LogP) is 5.42. The van der Waals surface area contributed by atoms with E-state index in [1.165, 1.54) is 12.1 Å². The molecule has 0 bridgehead atoms. The molecule has 2 heterocycles. The van der Waals surface area contributed by atoms with E-state index in [4.69, 9.17) is 4.74 Å². The Morgan fingerprint density at radius 1 is 1.00 bits per heavy atom. The van der Waals surface area contributed by atoms with Gasteiger partial charge in [0.05, 0.1) is 18.9 Å². The summed E-state index contributed by atoms with van der Waals surface area (Å²) in [4.78, 5) is 9.61. The lowest BCUT2D eigenvalue weighted by atomic mass is 10.2. The number of para-hydroxylation sites is 1. The Hall–Kier alpha value is -3.67. The lowest BCUT2D eigenvalue weighted by molar-refractivity contribution is -0.137. The highest BCUT2D eigenvalue weighted by Crippen LogP contribution is 2.37. The van der Waals surface area contributed by atoms with E-state index in [2.05, 4.69) is 25.3 Å². The fraction of sp³-hybridized carbons (Fsp3) is 0.273. The van der Waals surface area contributed by atoms with Crippen LogP contribution in [0, 0.1) is 0 Å². The van der Waals surface area contributed by atoms with Gasteiger partial charge in [-0.1, -0.05) is 18.2 Å². The quantitative estimate of drug-likeness (QED) is 0.437. The van der Waals surface area contributed by atoms with Crippen LogP contribution >= 0.6 is 0 Å². The summed E-state index contributed by atoms with van der Waals surface area (Å²) in [5.74, 6) is -0.915. The van der Waals surface area contributed by atoms with Crippen LogP contribution in [0.4, 0.5) is 50.8 Å². The Morgan fingerprint density at radius 2 is 1.74 bits per heavy atom. The van der Waals surface area contributed by atoms with Gasteiger partial charge >= 0.3 is 12.8 Å². The van der Waals surface area contributed by atoms with E-state index in [9.17, 15) is 22.0 Å². The molecule has 2 aromatic carbocycles. The van der Waals surface area contributed by atoms with Gasteiger partial charge < -0.3 is 25.0 Å². The number of anilines is 5. The Balaban J connectivity index is 1.64. The first-order valence-corrected chi connectivity index (χ1v) is 10.2. The van der Waals surface area contributed by atoms with Crippen LogP contribution in [0.15, 0.2) is 54.7 Å². The molecule has 1 saturated heterocycles. The van der Waals surface area contributed by atoms with Crippen molar-refractivity contribution in [3.63, 3.8) is 0 Å². The molecule has 4 rings (SSSR count). The molecule has 34 heavy (non-hydrogen) atoms. The van der Waals surface area contributed by atoms with Crippen molar-refractivity contribution in [3.05, 3.63) is 60.3 Å². The number of aromatic nitrogens is 2. The van der Waals surface area contributed by atoms with Crippen molar-refractivity contribution < 1.29 is 31.4 Å². The number of halogens is 5. The standard InChI is InChI=1S/C22H20F5N5O2/c23-20(24)34-18-12-15(32-8-10-33-11-9-32)6-7-17(18)30-21-28-13-16(22(25,26)27)19(31-21)29-14-4-2-1-3-5-14/h1-7,12-13,20H,8-11H2,(H2,28,29,30,31). The molecule has 1 aromatic heterocycles. The molecule has 12 heteroatoms. The van der Waals surface area contributed by atoms with E-state index < -0.39 is 24.2 Å². The van der Waals surface area contributed by atoms with E-state index in [1.54, 1.807) is 36.4 Å². The van der Waals surface area contributed by atoms with E-state index in [-0.39, 0.29) is 17.4 Å². The fourth-order valence-corrected chi connectivity index (χ4v) is 3.35. The van der Waals surface area contributed by atoms with Gasteiger partial charge in [0.2, 0.25) is 5.95 Å². The molecule has 2 N–H and O–H groups in total. The van der Waals surface area contributed by atoms with Crippen LogP contribution in [0.5, 0.6) is 5.75 Å². The number of nitrogens with zero attached hydrogens (tertiary/aromatic N) is 3. The second kappa shape index (κ2) is 10.1. The van der Waals surface area contributed by atoms with Gasteiger partial charge in [0.25, 0.3) is 0 Å². The maximum absolute atomic E-state index is 13.5. The molecule has 3 aromatic rings. The molecular formula is C22H20F5N5O2. The van der Waals surface area contributed by atoms with E-state index >= 15 is 0 Å². The minimum atomic E-state index is -4.71. The first-order valence-electron chi connectivity index (χ1n) is 10.2. The van der Waals surface area contributed by atoms with Crippen molar-refractivity contribution in [2.45, 2.75) is 12.8 Å². The largest absolute Gasteiger partial charge is 0.433 e.